The Labute approximate surface area is 893 Å². The van der Waals surface area contributed by atoms with Gasteiger partial charge in [0.1, 0.15) is 34.7 Å². The first-order chi connectivity index (χ1) is 70.6. The summed E-state index contributed by atoms with van der Waals surface area (Å²) in [5, 5.41) is 46.9. The number of carbonyl (C=O) groups excluding carboxylic acids is 2. The molecule has 0 saturated carbocycles. The van der Waals surface area contributed by atoms with Crippen molar-refractivity contribution in [3.63, 3.8) is 0 Å². The standard InChI is InChI=1S/C29H33N5O2.C29H32N4O5.C28H32Br2N4O7P2.C25H24Cl2N4O/c1-17-14-20(15-18(2)27(17)35)28-31-25(19-8-10-21(11-9-19)33(4)5)26(32-28)23-13-12-22(34(6)7)16-24(23)29(36)30-3;1-17(34)30-23-16-21(33(4)5)12-13-22(23)26-28(18-8-10-20(11-9-18)32(2)3)38-29(31-26)19-14-24(36-6)27(35)25(15-19)37-7;1-3-34(13-15-43(39,40)41)22-10-6-19(7-11-22)26-25(31-28(32-26)20-16-23(29)27(35)24(30)17-20)18-4-8-21(9-5-18)33(2)12-14-42(36,37)38;1-30(2)18-9-5-15(6-10-18)22-23(16-7-11-19(12-8-16)31(3)4)29-25(28-22)17-13-20(26)24(32)21(27)14-17/h8-16,35H,1-7H3,(H,30,36)(H,31,32);8-16,35H,1-7H3,(H,30,34);4-11,16-17,35H,3,12-15H2,1-2H3,(H,31,32)(H2,36,37,38)(H2,39,40,41);5-14,32H,1-4H3,(H,28,29). The van der Waals surface area contributed by atoms with Crippen LogP contribution >= 0.6 is 70.3 Å². The lowest BCUT2D eigenvalue weighted by Crippen LogP contribution is -2.26. The Morgan fingerprint density at radius 3 is 1.17 bits per heavy atom. The number of phenols is 4. The van der Waals surface area contributed by atoms with Crippen molar-refractivity contribution in [1.29, 1.82) is 0 Å². The lowest BCUT2D eigenvalue weighted by atomic mass is 9.98. The summed E-state index contributed by atoms with van der Waals surface area (Å²) in [5.74, 6) is 2.87. The van der Waals surface area contributed by atoms with Crippen molar-refractivity contribution < 1.29 is 72.6 Å². The molecule has 16 aromatic rings. The van der Waals surface area contributed by atoms with E-state index in [1.165, 1.54) is 21.1 Å². The molecule has 0 spiro atoms. The number of carbonyl (C=O) groups is 2. The number of imidazole rings is 3. The molecular formula is C111H121Br2Cl2N17O15P2. The minimum atomic E-state index is -4.12. The quantitative estimate of drug-likeness (QED) is 0.0179. The van der Waals surface area contributed by atoms with Crippen molar-refractivity contribution in [2.75, 3.05) is 189 Å². The number of nitrogens with one attached hydrogen (secondary N) is 5. The Morgan fingerprint density at radius 2 is 0.765 bits per heavy atom. The predicted octanol–water partition coefficient (Wildman–Crippen LogP) is 23.5. The summed E-state index contributed by atoms with van der Waals surface area (Å²) in [6, 6.07) is 73.4. The van der Waals surface area contributed by atoms with Crippen LogP contribution in [-0.4, -0.2) is 232 Å². The van der Waals surface area contributed by atoms with E-state index in [4.69, 9.17) is 57.0 Å². The van der Waals surface area contributed by atoms with Crippen molar-refractivity contribution in [3.05, 3.63) is 266 Å². The third kappa shape index (κ3) is 27.2. The van der Waals surface area contributed by atoms with Gasteiger partial charge in [-0.2, -0.15) is 0 Å². The number of oxazole rings is 1. The number of aryl methyl sites for hydroxylation is 2. The number of aromatic amines is 3. The molecule has 2 amide bonds. The number of halogens is 4. The smallest absolute Gasteiger partial charge is 0.327 e. The molecule has 32 nitrogen and oxygen atoms in total. The molecule has 0 aliphatic heterocycles. The largest absolute Gasteiger partial charge is 0.507 e. The van der Waals surface area contributed by atoms with Crippen LogP contribution in [0.1, 0.15) is 35.3 Å². The molecule has 0 fully saturated rings. The molecule has 0 aliphatic carbocycles. The number of aromatic hydroxyl groups is 4. The highest BCUT2D eigenvalue weighted by molar-refractivity contribution is 9.11. The summed E-state index contributed by atoms with van der Waals surface area (Å²) in [5.41, 5.74) is 25.4. The van der Waals surface area contributed by atoms with E-state index in [9.17, 15) is 58.7 Å². The molecule has 4 heterocycles. The lowest BCUT2D eigenvalue weighted by Gasteiger charge is -2.23. The van der Waals surface area contributed by atoms with Crippen LogP contribution in [0.3, 0.4) is 0 Å². The normalized spacial score (nSPS) is 11.2. The zero-order chi connectivity index (χ0) is 108. The van der Waals surface area contributed by atoms with Crippen LogP contribution in [0, 0.1) is 13.8 Å². The van der Waals surface area contributed by atoms with Crippen LogP contribution in [0.2, 0.25) is 10.0 Å². The Kier molecular flexibility index (Phi) is 36.1. The van der Waals surface area contributed by atoms with E-state index in [0.717, 1.165) is 135 Å². The summed E-state index contributed by atoms with van der Waals surface area (Å²) in [7, 11) is 21.9. The summed E-state index contributed by atoms with van der Waals surface area (Å²) in [4.78, 5) is 108. The van der Waals surface area contributed by atoms with Gasteiger partial charge >= 0.3 is 15.2 Å². The number of H-pyrrole nitrogens is 3. The molecule has 149 heavy (non-hydrogen) atoms. The first-order valence-electron chi connectivity index (χ1n) is 47.1. The van der Waals surface area contributed by atoms with Gasteiger partial charge in [-0.25, -0.2) is 19.9 Å². The number of benzene rings is 12. The van der Waals surface area contributed by atoms with Gasteiger partial charge in [-0.05, 0) is 234 Å². The number of hydrogen-bond acceptors (Lipinski definition) is 23. The molecule has 12 aromatic carbocycles. The number of anilines is 9. The van der Waals surface area contributed by atoms with Crippen molar-refractivity contribution in [3.8, 4) is 170 Å². The fourth-order valence-corrected chi connectivity index (χ4v) is 19.0. The van der Waals surface area contributed by atoms with Gasteiger partial charge in [0.2, 0.25) is 17.5 Å². The zero-order valence-corrected chi connectivity index (χ0v) is 92.7. The molecule has 0 aliphatic rings. The summed E-state index contributed by atoms with van der Waals surface area (Å²) >= 11 is 19.1. The van der Waals surface area contributed by atoms with Crippen LogP contribution in [0.25, 0.3) is 136 Å². The first kappa shape index (κ1) is 112. The molecule has 4 aromatic heterocycles. The number of hydrogen-bond donors (Lipinski definition) is 13. The monoisotopic (exact) mass is 2220 g/mol. The van der Waals surface area contributed by atoms with Gasteiger partial charge in [-0.1, -0.05) is 83.9 Å². The van der Waals surface area contributed by atoms with Gasteiger partial charge in [0.25, 0.3) is 5.91 Å². The number of ether oxygens (including phenoxy) is 2. The lowest BCUT2D eigenvalue weighted by molar-refractivity contribution is -0.114. The summed E-state index contributed by atoms with van der Waals surface area (Å²) < 4.78 is 40.8. The molecule has 0 radical (unpaired) electrons. The van der Waals surface area contributed by atoms with Crippen LogP contribution in [-0.2, 0) is 13.9 Å². The molecular weight excluding hydrogens is 2100 g/mol. The second-order valence-electron chi connectivity index (χ2n) is 36.5. The van der Waals surface area contributed by atoms with Crippen LogP contribution < -0.4 is 59.3 Å². The van der Waals surface area contributed by atoms with Gasteiger partial charge in [0, 0.05) is 237 Å². The maximum Gasteiger partial charge on any atom is 0.327 e. The number of aromatic nitrogens is 7. The topological polar surface area (TPSA) is 411 Å². The number of rotatable bonds is 31. The van der Waals surface area contributed by atoms with E-state index in [0.29, 0.717) is 83.9 Å². The Bertz CT molecular complexity index is 7420. The van der Waals surface area contributed by atoms with Crippen LogP contribution in [0.4, 0.5) is 51.2 Å². The van der Waals surface area contributed by atoms with E-state index < -0.39 is 15.2 Å². The van der Waals surface area contributed by atoms with E-state index in [1.807, 2.05) is 263 Å². The van der Waals surface area contributed by atoms with E-state index in [-0.39, 0.29) is 81.8 Å². The van der Waals surface area contributed by atoms with E-state index >= 15 is 0 Å². The van der Waals surface area contributed by atoms with Gasteiger partial charge in [-0.3, -0.25) is 18.7 Å². The second kappa shape index (κ2) is 48.2. The summed E-state index contributed by atoms with van der Waals surface area (Å²) in [6.45, 7) is 8.14. The van der Waals surface area contributed by atoms with Gasteiger partial charge in [0.05, 0.1) is 90.9 Å². The van der Waals surface area contributed by atoms with Crippen molar-refractivity contribution in [2.45, 2.75) is 27.7 Å². The van der Waals surface area contributed by atoms with Gasteiger partial charge in [-0.15, -0.1) is 0 Å². The average Bonchev–Trinajstić information content (AvgIpc) is 1.64. The molecule has 13 N–H and O–H groups in total. The van der Waals surface area contributed by atoms with Crippen LogP contribution in [0.5, 0.6) is 34.5 Å². The predicted molar refractivity (Wildman–Crippen MR) is 611 cm³/mol. The maximum atomic E-state index is 13.0. The maximum absolute atomic E-state index is 13.0. The molecule has 0 bridgehead atoms. The molecule has 778 valence electrons. The fraction of sp³-hybridized carbons (Fsp3) is 0.225. The molecule has 38 heteroatoms. The zero-order valence-electron chi connectivity index (χ0n) is 86.2. The number of phenolic OH excluding ortho intramolecular Hbond substituents is 4. The van der Waals surface area contributed by atoms with Crippen molar-refractivity contribution in [2.24, 2.45) is 0 Å². The second-order valence-corrected chi connectivity index (χ2v) is 42.6. The number of methoxy groups -OCH3 is 2. The highest BCUT2D eigenvalue weighted by Crippen LogP contribution is 2.49. The first-order valence-corrected chi connectivity index (χ1v) is 53.0. The highest BCUT2D eigenvalue weighted by atomic mass is 79.9. The molecule has 0 atom stereocenters. The average molecular weight is 2230 g/mol. The Hall–Kier alpha value is -14.5. The number of amides is 2. The van der Waals surface area contributed by atoms with Crippen LogP contribution in [0.15, 0.2) is 244 Å². The van der Waals surface area contributed by atoms with E-state index in [1.54, 1.807) is 55.4 Å². The van der Waals surface area contributed by atoms with Gasteiger partial charge in [0.15, 0.2) is 23.0 Å². The minimum Gasteiger partial charge on any atom is -0.507 e. The van der Waals surface area contributed by atoms with Crippen molar-refractivity contribution >= 4 is 133 Å². The third-order valence-corrected chi connectivity index (χ3v) is 28.0. The Balaban J connectivity index is 0.000000166. The Morgan fingerprint density at radius 1 is 0.403 bits per heavy atom. The highest BCUT2D eigenvalue weighted by Gasteiger charge is 2.29. The van der Waals surface area contributed by atoms with Gasteiger partial charge < -0.3 is 119 Å². The SMILES string of the molecule is CCN(CCP(=O)(O)O)c1ccc(-c2[nH]c(-c3cc(Br)c(O)c(Br)c3)nc2-c2ccc(N(C)CCP(=O)(O)O)cc2)cc1.CN(C)c1ccc(-c2nc(-c3cc(Cl)c(O)c(Cl)c3)[nH]c2-c2ccc(N(C)C)cc2)cc1.CNC(=O)c1cc(N(C)C)ccc1-c1[nH]c(-c2cc(C)c(O)c(C)c2)nc1-c1ccc(N(C)C)cc1.COc1cc(-c2nc(-c3ccc(N(C)C)cc3NC(C)=O)c(-c3ccc(N(C)C)cc3)o2)cc(OC)c1O. The van der Waals surface area contributed by atoms with Crippen molar-refractivity contribution in [1.82, 2.24) is 40.2 Å². The third-order valence-electron chi connectivity index (χ3n) is 24.7. The summed E-state index contributed by atoms with van der Waals surface area (Å²) in [6.07, 6.45) is -0.487. The molecule has 0 saturated heterocycles. The number of nitrogens with zero attached hydrogens (tertiary/aromatic N) is 12. The molecule has 16 rings (SSSR count). The fourth-order valence-electron chi connectivity index (χ4n) is 16.3. The molecule has 0 unspecified atom stereocenters. The van der Waals surface area contributed by atoms with E-state index in [2.05, 4.69) is 128 Å². The minimum absolute atomic E-state index is 0.0732.